The predicted octanol–water partition coefficient (Wildman–Crippen LogP) is 5.91. The molecule has 1 N–H and O–H groups in total. The number of aromatic nitrogens is 3. The van der Waals surface area contributed by atoms with Gasteiger partial charge in [0.1, 0.15) is 16.8 Å². The van der Waals surface area contributed by atoms with E-state index in [0.717, 1.165) is 32.0 Å². The summed E-state index contributed by atoms with van der Waals surface area (Å²) < 4.78 is 6.25. The molecule has 0 radical (unpaired) electrons. The number of methoxy groups -OCH3 is 1. The molecule has 0 fully saturated rings. The van der Waals surface area contributed by atoms with Crippen LogP contribution in [0.4, 0.5) is 5.69 Å². The molecule has 0 aliphatic carbocycles. The van der Waals surface area contributed by atoms with E-state index in [4.69, 9.17) is 4.74 Å². The van der Waals surface area contributed by atoms with Gasteiger partial charge in [0.15, 0.2) is 0 Å². The Bertz CT molecular complexity index is 1490. The van der Waals surface area contributed by atoms with Crippen molar-refractivity contribution in [3.05, 3.63) is 88.4 Å². The van der Waals surface area contributed by atoms with Crippen LogP contribution >= 0.6 is 15.9 Å². The molecule has 32 heavy (non-hydrogen) atoms. The molecule has 4 aromatic carbocycles. The number of nitrogens with zero attached hydrogens (tertiary/aromatic N) is 3. The number of hydrogen-bond acceptors (Lipinski definition) is 4. The number of carbonyl (C=O) groups excluding carboxylic acids is 1. The number of aryl methyl sites for hydroxylation is 1. The molecule has 1 heterocycles. The molecule has 0 spiro atoms. The van der Waals surface area contributed by atoms with Gasteiger partial charge in [0.05, 0.1) is 18.4 Å². The molecule has 0 saturated heterocycles. The summed E-state index contributed by atoms with van der Waals surface area (Å²) in [6, 6.07) is 23.3. The summed E-state index contributed by atoms with van der Waals surface area (Å²) in [4.78, 5) is 14.6. The number of fused-ring (bicyclic) bond motifs is 2. The SMILES string of the molecule is COc1c(C)cc(Br)cc1C(=O)Nc1ccc2nn(-c3cccc4ccccc34)nc2c1. The van der Waals surface area contributed by atoms with Crippen molar-refractivity contribution in [3.8, 4) is 11.4 Å². The molecule has 0 aliphatic heterocycles. The second kappa shape index (κ2) is 8.09. The van der Waals surface area contributed by atoms with Crippen molar-refractivity contribution >= 4 is 49.3 Å². The Kier molecular flexibility index (Phi) is 5.11. The number of carbonyl (C=O) groups is 1. The lowest BCUT2D eigenvalue weighted by Crippen LogP contribution is -2.13. The maximum Gasteiger partial charge on any atom is 0.259 e. The molecule has 0 aliphatic rings. The highest BCUT2D eigenvalue weighted by molar-refractivity contribution is 9.10. The molecule has 7 heteroatoms. The monoisotopic (exact) mass is 486 g/mol. The number of halogens is 1. The van der Waals surface area contributed by atoms with Gasteiger partial charge in [-0.15, -0.1) is 15.0 Å². The standard InChI is InChI=1S/C25H19BrN4O2/c1-15-12-17(26)13-20(24(15)32-2)25(31)27-18-10-11-21-22(14-18)29-30(28-21)23-9-5-7-16-6-3-4-8-19(16)23/h3-14H,1-2H3,(H,27,31). The normalized spacial score (nSPS) is 11.1. The molecule has 1 aromatic heterocycles. The van der Waals surface area contributed by atoms with Gasteiger partial charge < -0.3 is 10.1 Å². The predicted molar refractivity (Wildman–Crippen MR) is 130 cm³/mol. The third kappa shape index (κ3) is 3.61. The largest absolute Gasteiger partial charge is 0.496 e. The molecule has 5 rings (SSSR count). The van der Waals surface area contributed by atoms with Crippen LogP contribution in [0.15, 0.2) is 77.3 Å². The summed E-state index contributed by atoms with van der Waals surface area (Å²) in [6.45, 7) is 1.90. The average Bonchev–Trinajstić information content (AvgIpc) is 3.21. The molecule has 158 valence electrons. The van der Waals surface area contributed by atoms with Crippen molar-refractivity contribution in [1.82, 2.24) is 15.0 Å². The number of rotatable bonds is 4. The highest BCUT2D eigenvalue weighted by atomic mass is 79.9. The van der Waals surface area contributed by atoms with E-state index >= 15 is 0 Å². The summed E-state index contributed by atoms with van der Waals surface area (Å²) in [5, 5.41) is 14.4. The lowest BCUT2D eigenvalue weighted by Gasteiger charge is -2.12. The number of amides is 1. The maximum absolute atomic E-state index is 13.0. The van der Waals surface area contributed by atoms with Crippen molar-refractivity contribution in [2.75, 3.05) is 12.4 Å². The Labute approximate surface area is 192 Å². The first-order valence-corrected chi connectivity index (χ1v) is 10.8. The van der Waals surface area contributed by atoms with E-state index < -0.39 is 0 Å². The van der Waals surface area contributed by atoms with E-state index in [1.165, 1.54) is 0 Å². The first-order valence-electron chi connectivity index (χ1n) is 10.0. The molecule has 6 nitrogen and oxygen atoms in total. The van der Waals surface area contributed by atoms with E-state index in [1.807, 2.05) is 55.5 Å². The lowest BCUT2D eigenvalue weighted by atomic mass is 10.1. The minimum atomic E-state index is -0.257. The Morgan fingerprint density at radius 3 is 2.59 bits per heavy atom. The summed E-state index contributed by atoms with van der Waals surface area (Å²) in [7, 11) is 1.56. The van der Waals surface area contributed by atoms with Crippen LogP contribution in [-0.4, -0.2) is 28.0 Å². The summed E-state index contributed by atoms with van der Waals surface area (Å²) >= 11 is 3.45. The fourth-order valence-electron chi connectivity index (χ4n) is 3.85. The zero-order valence-electron chi connectivity index (χ0n) is 17.5. The molecular weight excluding hydrogens is 468 g/mol. The van der Waals surface area contributed by atoms with E-state index in [-0.39, 0.29) is 5.91 Å². The number of nitrogens with one attached hydrogen (secondary N) is 1. The molecule has 0 bridgehead atoms. The fraction of sp³-hybridized carbons (Fsp3) is 0.0800. The molecule has 0 atom stereocenters. The Hall–Kier alpha value is -3.71. The van der Waals surface area contributed by atoms with Gasteiger partial charge in [-0.05, 0) is 54.3 Å². The topological polar surface area (TPSA) is 69.0 Å². The van der Waals surface area contributed by atoms with E-state index in [2.05, 4.69) is 49.6 Å². The van der Waals surface area contributed by atoms with E-state index in [0.29, 0.717) is 22.5 Å². The van der Waals surface area contributed by atoms with Crippen molar-refractivity contribution in [1.29, 1.82) is 0 Å². The van der Waals surface area contributed by atoms with Crippen LogP contribution in [-0.2, 0) is 0 Å². The Morgan fingerprint density at radius 2 is 1.75 bits per heavy atom. The Morgan fingerprint density at radius 1 is 0.969 bits per heavy atom. The smallest absolute Gasteiger partial charge is 0.259 e. The van der Waals surface area contributed by atoms with E-state index in [9.17, 15) is 4.79 Å². The second-order valence-electron chi connectivity index (χ2n) is 7.45. The number of anilines is 1. The fourth-order valence-corrected chi connectivity index (χ4v) is 4.42. The minimum absolute atomic E-state index is 0.257. The average molecular weight is 487 g/mol. The lowest BCUT2D eigenvalue weighted by molar-refractivity contribution is 0.102. The first kappa shape index (κ1) is 20.2. The minimum Gasteiger partial charge on any atom is -0.496 e. The third-order valence-corrected chi connectivity index (χ3v) is 5.77. The van der Waals surface area contributed by atoms with Crippen molar-refractivity contribution < 1.29 is 9.53 Å². The molecular formula is C25H19BrN4O2. The third-order valence-electron chi connectivity index (χ3n) is 5.31. The summed E-state index contributed by atoms with van der Waals surface area (Å²) in [5.41, 5.74) is 4.30. The molecule has 0 unspecified atom stereocenters. The highest BCUT2D eigenvalue weighted by Crippen LogP contribution is 2.29. The van der Waals surface area contributed by atoms with Gasteiger partial charge in [-0.25, -0.2) is 0 Å². The van der Waals surface area contributed by atoms with Crippen molar-refractivity contribution in [2.24, 2.45) is 0 Å². The number of ether oxygens (including phenoxy) is 1. The van der Waals surface area contributed by atoms with Crippen LogP contribution in [0.5, 0.6) is 5.75 Å². The van der Waals surface area contributed by atoms with Gasteiger partial charge in [0, 0.05) is 15.5 Å². The Balaban J connectivity index is 1.49. The van der Waals surface area contributed by atoms with Gasteiger partial charge in [-0.2, -0.15) is 0 Å². The number of hydrogen-bond donors (Lipinski definition) is 1. The van der Waals surface area contributed by atoms with Crippen LogP contribution < -0.4 is 10.1 Å². The number of benzene rings is 4. The van der Waals surface area contributed by atoms with Gasteiger partial charge in [0.2, 0.25) is 0 Å². The summed E-state index contributed by atoms with van der Waals surface area (Å²) in [6.07, 6.45) is 0. The zero-order chi connectivity index (χ0) is 22.2. The van der Waals surface area contributed by atoms with Crippen LogP contribution in [0.1, 0.15) is 15.9 Å². The van der Waals surface area contributed by atoms with Gasteiger partial charge >= 0.3 is 0 Å². The highest BCUT2D eigenvalue weighted by Gasteiger charge is 2.16. The van der Waals surface area contributed by atoms with Gasteiger partial charge in [0.25, 0.3) is 5.91 Å². The van der Waals surface area contributed by atoms with Crippen LogP contribution in [0, 0.1) is 6.92 Å². The molecule has 5 aromatic rings. The van der Waals surface area contributed by atoms with Crippen LogP contribution in [0.3, 0.4) is 0 Å². The van der Waals surface area contributed by atoms with Gasteiger partial charge in [-0.1, -0.05) is 52.3 Å². The summed E-state index contributed by atoms with van der Waals surface area (Å²) in [5.74, 6) is 0.292. The first-order chi connectivity index (χ1) is 15.5. The van der Waals surface area contributed by atoms with Crippen LogP contribution in [0.2, 0.25) is 0 Å². The second-order valence-corrected chi connectivity index (χ2v) is 8.36. The van der Waals surface area contributed by atoms with Crippen LogP contribution in [0.25, 0.3) is 27.5 Å². The van der Waals surface area contributed by atoms with Gasteiger partial charge in [-0.3, -0.25) is 4.79 Å². The molecule has 1 amide bonds. The van der Waals surface area contributed by atoms with Crippen molar-refractivity contribution in [3.63, 3.8) is 0 Å². The van der Waals surface area contributed by atoms with Crippen molar-refractivity contribution in [2.45, 2.75) is 6.92 Å². The molecule has 0 saturated carbocycles. The zero-order valence-corrected chi connectivity index (χ0v) is 19.1. The quantitative estimate of drug-likeness (QED) is 0.343. The maximum atomic E-state index is 13.0. The van der Waals surface area contributed by atoms with E-state index in [1.54, 1.807) is 18.0 Å².